The number of amides is 9. The number of primary amides is 1. The minimum Gasteiger partial charge on any atom is -0.444 e. The second-order valence-electron chi connectivity index (χ2n) is 23.1. The first kappa shape index (κ1) is 65.6. The summed E-state index contributed by atoms with van der Waals surface area (Å²) in [7, 11) is 0. The monoisotopic (exact) mass is 1150 g/mol. The molecule has 1 aliphatic rings. The number of imidazole rings is 3. The first-order valence-electron chi connectivity index (χ1n) is 28.4. The predicted molar refractivity (Wildman–Crippen MR) is 307 cm³/mol. The zero-order valence-electron chi connectivity index (χ0n) is 49.1. The number of hydrogen-bond acceptors (Lipinski definition) is 14. The van der Waals surface area contributed by atoms with Crippen LogP contribution < -0.4 is 48.7 Å². The molecule has 0 spiro atoms. The van der Waals surface area contributed by atoms with Gasteiger partial charge in [0.25, 0.3) is 0 Å². The summed E-state index contributed by atoms with van der Waals surface area (Å²) in [5, 5.41) is 19.8. The van der Waals surface area contributed by atoms with E-state index in [0.717, 1.165) is 0 Å². The van der Waals surface area contributed by atoms with Gasteiger partial charge in [-0.1, -0.05) is 78.3 Å². The number of nitrogens with zero attached hydrogens (tertiary/aromatic N) is 4. The summed E-state index contributed by atoms with van der Waals surface area (Å²) in [4.78, 5) is 148. The van der Waals surface area contributed by atoms with Crippen molar-refractivity contribution in [1.29, 1.82) is 0 Å². The summed E-state index contributed by atoms with van der Waals surface area (Å²) < 4.78 is 5.47. The topological polar surface area (TPSA) is 388 Å². The number of rotatable bonds is 31. The van der Waals surface area contributed by atoms with Gasteiger partial charge in [-0.2, -0.15) is 0 Å². The van der Waals surface area contributed by atoms with E-state index in [1.54, 1.807) is 65.8 Å². The van der Waals surface area contributed by atoms with Crippen molar-refractivity contribution in [2.45, 2.75) is 174 Å². The van der Waals surface area contributed by atoms with E-state index < -0.39 is 125 Å². The van der Waals surface area contributed by atoms with Gasteiger partial charge >= 0.3 is 6.09 Å². The van der Waals surface area contributed by atoms with Crippen molar-refractivity contribution in [1.82, 2.24) is 72.0 Å². The molecule has 4 aromatic rings. The van der Waals surface area contributed by atoms with E-state index in [4.69, 9.17) is 16.2 Å². The van der Waals surface area contributed by atoms with Crippen molar-refractivity contribution in [2.75, 3.05) is 13.1 Å². The van der Waals surface area contributed by atoms with Crippen molar-refractivity contribution in [3.63, 3.8) is 0 Å². The second-order valence-corrected chi connectivity index (χ2v) is 23.1. The molecule has 3 aromatic heterocycles. The molecule has 1 fully saturated rings. The Hall–Kier alpha value is -8.16. The number of nitrogens with two attached hydrogens (primary N) is 2. The summed E-state index contributed by atoms with van der Waals surface area (Å²) in [6, 6.07) is 0.242. The number of carbonyl (C=O) groups excluding carboxylic acids is 9. The molecule has 1 aromatic carbocycles. The van der Waals surface area contributed by atoms with Crippen LogP contribution in [0.1, 0.15) is 117 Å². The van der Waals surface area contributed by atoms with Crippen LogP contribution in [0.5, 0.6) is 0 Å². The molecule has 5 rings (SSSR count). The molecule has 0 unspecified atom stereocenters. The van der Waals surface area contributed by atoms with Gasteiger partial charge < -0.3 is 73.3 Å². The first-order chi connectivity index (χ1) is 39.3. The van der Waals surface area contributed by atoms with E-state index in [1.165, 1.54) is 42.5 Å². The SMILES string of the molecule is CC[C@H](C)[C@H](NC(=O)[C@@H](NC(=O)C[C@@H](CN)[C@H](CC(C)C)NC(=O)[C@H](Cc1cnc[nH]1)NC(=O)[C@H](Cc1ccccc1)NC(=O)[C@@H]1CCCN1C(=O)[C@H](Cc1cnc[nH]1)NC(=O)OC(C)(C)C)C(C)C)C(=O)N[C@@H](Cc1cnc[nH]1)C(N)=O. The van der Waals surface area contributed by atoms with Crippen LogP contribution in [0.3, 0.4) is 0 Å². The smallest absolute Gasteiger partial charge is 0.408 e. The molecule has 4 heterocycles. The zero-order valence-corrected chi connectivity index (χ0v) is 49.1. The van der Waals surface area contributed by atoms with Crippen LogP contribution in [-0.2, 0) is 68.8 Å². The Balaban J connectivity index is 1.33. The second kappa shape index (κ2) is 31.3. The Morgan fingerprint density at radius 3 is 1.73 bits per heavy atom. The molecule has 26 nitrogen and oxygen atoms in total. The number of benzene rings is 1. The van der Waals surface area contributed by atoms with Crippen LogP contribution in [-0.4, -0.2) is 155 Å². The number of carbonyl (C=O) groups is 9. The molecule has 83 heavy (non-hydrogen) atoms. The van der Waals surface area contributed by atoms with Gasteiger partial charge in [-0.25, -0.2) is 19.7 Å². The lowest BCUT2D eigenvalue weighted by molar-refractivity contribution is -0.141. The average Bonchev–Trinajstić information content (AvgIpc) is 4.53. The molecule has 454 valence electrons. The van der Waals surface area contributed by atoms with Crippen LogP contribution in [0.2, 0.25) is 0 Å². The normalized spacial score (nSPS) is 16.7. The minimum absolute atomic E-state index is 0.00375. The van der Waals surface area contributed by atoms with Gasteiger partial charge in [-0.05, 0) is 69.9 Å². The molecular formula is C57H86N16O10. The maximum Gasteiger partial charge on any atom is 0.408 e. The van der Waals surface area contributed by atoms with E-state index in [-0.39, 0.29) is 57.5 Å². The summed E-state index contributed by atoms with van der Waals surface area (Å²) >= 11 is 0. The minimum atomic E-state index is -1.26. The Morgan fingerprint density at radius 1 is 0.675 bits per heavy atom. The third-order valence-corrected chi connectivity index (χ3v) is 14.4. The highest BCUT2D eigenvalue weighted by atomic mass is 16.6. The largest absolute Gasteiger partial charge is 0.444 e. The third-order valence-electron chi connectivity index (χ3n) is 14.4. The van der Waals surface area contributed by atoms with Crippen LogP contribution in [0, 0.1) is 23.7 Å². The maximum atomic E-state index is 14.7. The Morgan fingerprint density at radius 2 is 1.22 bits per heavy atom. The predicted octanol–water partition coefficient (Wildman–Crippen LogP) is 1.12. The molecule has 0 radical (unpaired) electrons. The molecular weight excluding hydrogens is 1070 g/mol. The number of alkyl carbamates (subject to hydrolysis) is 1. The molecule has 9 amide bonds. The fourth-order valence-corrected chi connectivity index (χ4v) is 9.80. The third kappa shape index (κ3) is 20.7. The zero-order chi connectivity index (χ0) is 61.0. The van der Waals surface area contributed by atoms with Crippen LogP contribution in [0.25, 0.3) is 0 Å². The van der Waals surface area contributed by atoms with Gasteiger partial charge in [-0.15, -0.1) is 0 Å². The van der Waals surface area contributed by atoms with Gasteiger partial charge in [0.2, 0.25) is 47.3 Å². The van der Waals surface area contributed by atoms with E-state index >= 15 is 0 Å². The average molecular weight is 1160 g/mol. The molecule has 0 bridgehead atoms. The van der Waals surface area contributed by atoms with Crippen molar-refractivity contribution >= 4 is 53.4 Å². The standard InChI is InChI=1S/C57H86N16O10/c1-10-34(6)48(54(80)67-41(49(59)75)22-37-26-60-29-63-37)72-53(79)47(33(4)5)71-46(74)21-36(25-58)40(19-32(2)3)66-51(77)43(23-38-27-61-30-64-38)68-50(76)42(20-35-15-12-11-13-16-35)69-52(78)45-17-14-18-73(45)55(81)44(24-39-28-62-31-65-39)70-56(82)83-57(7,8)9/h11-13,15-16,26-34,36,40-45,47-48H,10,14,17-25,58H2,1-9H3,(H2,59,75)(H,60,63)(H,61,64)(H,62,65)(H,66,77)(H,67,80)(H,68,76)(H,69,78)(H,70,82)(H,71,74)(H,72,79)/t34-,36-,40-,41-,42-,43-,44-,45-,47-,48-/m0/s1. The first-order valence-corrected chi connectivity index (χ1v) is 28.4. The highest BCUT2D eigenvalue weighted by molar-refractivity contribution is 5.97. The quantitative estimate of drug-likeness (QED) is 0.0336. The molecule has 10 atom stereocenters. The maximum absolute atomic E-state index is 14.7. The van der Waals surface area contributed by atoms with E-state index in [9.17, 15) is 43.2 Å². The fourth-order valence-electron chi connectivity index (χ4n) is 9.80. The van der Waals surface area contributed by atoms with Gasteiger partial charge in [0.05, 0.1) is 19.0 Å². The number of aromatic nitrogens is 6. The lowest BCUT2D eigenvalue weighted by Crippen LogP contribution is -2.60. The van der Waals surface area contributed by atoms with Crippen LogP contribution in [0.15, 0.2) is 67.9 Å². The summed E-state index contributed by atoms with van der Waals surface area (Å²) in [5.74, 6) is -6.63. The van der Waals surface area contributed by atoms with Gasteiger partial charge in [0.1, 0.15) is 47.9 Å². The van der Waals surface area contributed by atoms with Crippen molar-refractivity contribution in [3.8, 4) is 0 Å². The molecule has 0 saturated carbocycles. The number of likely N-dealkylation sites (tertiary alicyclic amines) is 1. The molecule has 14 N–H and O–H groups in total. The Kier molecular flexibility index (Phi) is 24.8. The van der Waals surface area contributed by atoms with Crippen molar-refractivity contribution in [3.05, 3.63) is 90.5 Å². The van der Waals surface area contributed by atoms with Gasteiger partial charge in [0.15, 0.2) is 0 Å². The lowest BCUT2D eigenvalue weighted by Gasteiger charge is -2.32. The number of aromatic amines is 3. The van der Waals surface area contributed by atoms with Crippen molar-refractivity contribution in [2.24, 2.45) is 35.1 Å². The molecule has 26 heteroatoms. The van der Waals surface area contributed by atoms with Crippen molar-refractivity contribution < 1.29 is 47.9 Å². The molecule has 1 aliphatic heterocycles. The summed E-state index contributed by atoms with van der Waals surface area (Å²) in [6.07, 6.45) is 9.38. The highest BCUT2D eigenvalue weighted by Gasteiger charge is 2.41. The lowest BCUT2D eigenvalue weighted by atomic mass is 9.88. The molecule has 1 saturated heterocycles. The Bertz CT molecular complexity index is 2730. The number of hydrogen-bond donors (Lipinski definition) is 12. The van der Waals surface area contributed by atoms with Crippen LogP contribution in [0.4, 0.5) is 4.79 Å². The molecule has 0 aliphatic carbocycles. The van der Waals surface area contributed by atoms with Gasteiger partial charge in [-0.3, -0.25) is 38.4 Å². The van der Waals surface area contributed by atoms with Crippen LogP contribution >= 0.6 is 0 Å². The number of ether oxygens (including phenoxy) is 1. The fraction of sp³-hybridized carbons (Fsp3) is 0.579. The van der Waals surface area contributed by atoms with E-state index in [1.807, 2.05) is 26.8 Å². The summed E-state index contributed by atoms with van der Waals surface area (Å²) in [6.45, 7) is 16.2. The highest BCUT2D eigenvalue weighted by Crippen LogP contribution is 2.22. The van der Waals surface area contributed by atoms with E-state index in [2.05, 4.69) is 67.1 Å². The Labute approximate surface area is 484 Å². The summed E-state index contributed by atoms with van der Waals surface area (Å²) in [5.41, 5.74) is 13.5. The number of nitrogens with one attached hydrogen (secondary N) is 10. The van der Waals surface area contributed by atoms with E-state index in [0.29, 0.717) is 41.9 Å². The van der Waals surface area contributed by atoms with Gasteiger partial charge in [0, 0.05) is 86.3 Å². The number of H-pyrrole nitrogens is 3.